The molecule has 3 aromatic carbocycles. The molecule has 33 heavy (non-hydrogen) atoms. The van der Waals surface area contributed by atoms with Crippen molar-refractivity contribution in [1.29, 1.82) is 0 Å². The fraction of sp³-hybridized carbons (Fsp3) is 0.259. The zero-order valence-corrected chi connectivity index (χ0v) is 20.4. The van der Waals surface area contributed by atoms with Gasteiger partial charge in [-0.1, -0.05) is 89.4 Å². The molecule has 3 rings (SSSR count). The first-order valence-corrected chi connectivity index (χ1v) is 11.7. The molecule has 0 spiro atoms. The average Bonchev–Trinajstić information content (AvgIpc) is 2.82. The van der Waals surface area contributed by atoms with Gasteiger partial charge in [-0.2, -0.15) is 0 Å². The monoisotopic (exact) mass is 482 g/mol. The van der Waals surface area contributed by atoms with E-state index in [9.17, 15) is 9.59 Å². The van der Waals surface area contributed by atoms with Crippen molar-refractivity contribution < 1.29 is 9.59 Å². The Balaban J connectivity index is 1.89. The molecule has 4 nitrogen and oxygen atoms in total. The number of benzene rings is 3. The molecule has 1 unspecified atom stereocenters. The summed E-state index contributed by atoms with van der Waals surface area (Å²) < 4.78 is 0. The molecule has 0 aliphatic carbocycles. The number of aryl methyl sites for hydroxylation is 2. The minimum absolute atomic E-state index is 0.105. The van der Waals surface area contributed by atoms with Crippen LogP contribution >= 0.6 is 23.2 Å². The molecule has 3 aromatic rings. The molecule has 0 radical (unpaired) electrons. The van der Waals surface area contributed by atoms with Crippen molar-refractivity contribution in [2.75, 3.05) is 7.05 Å². The summed E-state index contributed by atoms with van der Waals surface area (Å²) in [4.78, 5) is 28.1. The number of hydrogen-bond acceptors (Lipinski definition) is 2. The van der Waals surface area contributed by atoms with Gasteiger partial charge < -0.3 is 10.2 Å². The highest BCUT2D eigenvalue weighted by molar-refractivity contribution is 6.35. The Bertz CT molecular complexity index is 1090. The molecule has 0 bridgehead atoms. The summed E-state index contributed by atoms with van der Waals surface area (Å²) >= 11 is 12.5. The zero-order valence-electron chi connectivity index (χ0n) is 18.9. The van der Waals surface area contributed by atoms with E-state index in [1.807, 2.05) is 61.5 Å². The lowest BCUT2D eigenvalue weighted by molar-refractivity contribution is -0.141. The lowest BCUT2D eigenvalue weighted by Gasteiger charge is -2.31. The van der Waals surface area contributed by atoms with Gasteiger partial charge in [-0.15, -0.1) is 0 Å². The quantitative estimate of drug-likeness (QED) is 0.430. The Labute approximate surface area is 205 Å². The Morgan fingerprint density at radius 3 is 2.27 bits per heavy atom. The zero-order chi connectivity index (χ0) is 23.8. The normalized spacial score (nSPS) is 11.6. The van der Waals surface area contributed by atoms with E-state index < -0.39 is 6.04 Å². The molecule has 172 valence electrons. The summed E-state index contributed by atoms with van der Waals surface area (Å²) in [5.74, 6) is -0.321. The van der Waals surface area contributed by atoms with Gasteiger partial charge in [0.2, 0.25) is 11.8 Å². The SMILES string of the molecule is CNC(=O)C(Cc1ccccc1)N(Cc1ccc(Cl)cc1Cl)C(=O)CCc1ccc(C)cc1. The Morgan fingerprint density at radius 1 is 0.939 bits per heavy atom. The molecular weight excluding hydrogens is 455 g/mol. The van der Waals surface area contributed by atoms with E-state index in [0.717, 1.165) is 16.7 Å². The highest BCUT2D eigenvalue weighted by Crippen LogP contribution is 2.24. The summed E-state index contributed by atoms with van der Waals surface area (Å²) in [6.45, 7) is 2.25. The van der Waals surface area contributed by atoms with Crippen molar-refractivity contribution in [3.63, 3.8) is 0 Å². The van der Waals surface area contributed by atoms with Crippen LogP contribution in [0.25, 0.3) is 0 Å². The molecule has 6 heteroatoms. The molecule has 0 aliphatic rings. The minimum atomic E-state index is -0.672. The topological polar surface area (TPSA) is 49.4 Å². The minimum Gasteiger partial charge on any atom is -0.357 e. The molecule has 0 heterocycles. The van der Waals surface area contributed by atoms with Gasteiger partial charge in [0.25, 0.3) is 0 Å². The van der Waals surface area contributed by atoms with Crippen molar-refractivity contribution in [2.45, 2.75) is 38.8 Å². The Morgan fingerprint density at radius 2 is 1.64 bits per heavy atom. The fourth-order valence-corrected chi connectivity index (χ4v) is 4.17. The first kappa shape index (κ1) is 24.8. The molecular formula is C27H28Cl2N2O2. The van der Waals surface area contributed by atoms with Crippen LogP contribution in [0.2, 0.25) is 10.0 Å². The third kappa shape index (κ3) is 7.08. The maximum atomic E-state index is 13.5. The summed E-state index contributed by atoms with van der Waals surface area (Å²) in [6, 6.07) is 22.4. The van der Waals surface area contributed by atoms with Crippen molar-refractivity contribution in [2.24, 2.45) is 0 Å². The van der Waals surface area contributed by atoms with E-state index >= 15 is 0 Å². The van der Waals surface area contributed by atoms with Crippen LogP contribution in [-0.2, 0) is 29.0 Å². The number of carbonyl (C=O) groups is 2. The molecule has 0 saturated heterocycles. The summed E-state index contributed by atoms with van der Waals surface area (Å²) in [6.07, 6.45) is 1.29. The Kier molecular flexibility index (Phi) is 8.93. The van der Waals surface area contributed by atoms with Crippen LogP contribution in [0.4, 0.5) is 0 Å². The van der Waals surface area contributed by atoms with Crippen molar-refractivity contribution in [1.82, 2.24) is 10.2 Å². The molecule has 1 N–H and O–H groups in total. The van der Waals surface area contributed by atoms with Gasteiger partial charge in [-0.3, -0.25) is 9.59 Å². The fourth-order valence-electron chi connectivity index (χ4n) is 3.70. The lowest BCUT2D eigenvalue weighted by atomic mass is 10.0. The van der Waals surface area contributed by atoms with Gasteiger partial charge >= 0.3 is 0 Å². The van der Waals surface area contributed by atoms with Crippen molar-refractivity contribution in [3.05, 3.63) is 105 Å². The summed E-state index contributed by atoms with van der Waals surface area (Å²) in [5, 5.41) is 3.71. The van der Waals surface area contributed by atoms with Crippen molar-refractivity contribution in [3.8, 4) is 0 Å². The highest BCUT2D eigenvalue weighted by Gasteiger charge is 2.30. The number of halogens is 2. The number of hydrogen-bond donors (Lipinski definition) is 1. The number of nitrogens with one attached hydrogen (secondary N) is 1. The van der Waals surface area contributed by atoms with E-state index in [0.29, 0.717) is 22.9 Å². The molecule has 0 fully saturated rings. The third-order valence-corrected chi connectivity index (χ3v) is 6.21. The van der Waals surface area contributed by atoms with Crippen LogP contribution in [0.1, 0.15) is 28.7 Å². The second-order valence-corrected chi connectivity index (χ2v) is 8.91. The van der Waals surface area contributed by atoms with Gasteiger partial charge in [0, 0.05) is 36.5 Å². The van der Waals surface area contributed by atoms with Crippen LogP contribution in [-0.4, -0.2) is 29.8 Å². The first-order chi connectivity index (χ1) is 15.9. The maximum absolute atomic E-state index is 13.5. The van der Waals surface area contributed by atoms with E-state index in [1.165, 1.54) is 5.56 Å². The number of rotatable bonds is 9. The molecule has 2 amide bonds. The van der Waals surface area contributed by atoms with E-state index in [1.54, 1.807) is 30.1 Å². The number of carbonyl (C=O) groups excluding carboxylic acids is 2. The second kappa shape index (κ2) is 11.9. The van der Waals surface area contributed by atoms with Gasteiger partial charge in [-0.25, -0.2) is 0 Å². The predicted molar refractivity (Wildman–Crippen MR) is 135 cm³/mol. The Hall–Kier alpha value is -2.82. The second-order valence-electron chi connectivity index (χ2n) is 8.06. The lowest BCUT2D eigenvalue weighted by Crippen LogP contribution is -2.49. The standard InChI is InChI=1S/C27H28Cl2N2O2/c1-19-8-10-20(11-9-19)12-15-26(32)31(18-22-13-14-23(28)17-24(22)29)25(27(33)30-2)16-21-6-4-3-5-7-21/h3-11,13-14,17,25H,12,15-16,18H2,1-2H3,(H,30,33). The number of likely N-dealkylation sites (N-methyl/N-ethyl adjacent to an activating group) is 1. The van der Waals surface area contributed by atoms with Crippen molar-refractivity contribution >= 4 is 35.0 Å². The molecule has 0 aliphatic heterocycles. The van der Waals surface area contributed by atoms with E-state index in [4.69, 9.17) is 23.2 Å². The van der Waals surface area contributed by atoms with Gasteiger partial charge in [-0.05, 0) is 42.2 Å². The van der Waals surface area contributed by atoms with Crippen LogP contribution < -0.4 is 5.32 Å². The summed E-state index contributed by atoms with van der Waals surface area (Å²) in [7, 11) is 1.59. The predicted octanol–water partition coefficient (Wildman–Crippen LogP) is 5.62. The number of amides is 2. The number of nitrogens with zero attached hydrogens (tertiary/aromatic N) is 1. The van der Waals surface area contributed by atoms with Gasteiger partial charge in [0.15, 0.2) is 0 Å². The maximum Gasteiger partial charge on any atom is 0.242 e. The van der Waals surface area contributed by atoms with Crippen LogP contribution in [0, 0.1) is 6.92 Å². The molecule has 1 atom stereocenters. The van der Waals surface area contributed by atoms with E-state index in [-0.39, 0.29) is 24.8 Å². The summed E-state index contributed by atoms with van der Waals surface area (Å²) in [5.41, 5.74) is 3.97. The van der Waals surface area contributed by atoms with Crippen LogP contribution in [0.15, 0.2) is 72.8 Å². The smallest absolute Gasteiger partial charge is 0.242 e. The van der Waals surface area contributed by atoms with Crippen LogP contribution in [0.5, 0.6) is 0 Å². The van der Waals surface area contributed by atoms with Gasteiger partial charge in [0.1, 0.15) is 6.04 Å². The first-order valence-electron chi connectivity index (χ1n) is 10.9. The average molecular weight is 483 g/mol. The molecule has 0 aromatic heterocycles. The van der Waals surface area contributed by atoms with Crippen LogP contribution in [0.3, 0.4) is 0 Å². The molecule has 0 saturated carbocycles. The third-order valence-electron chi connectivity index (χ3n) is 5.62. The van der Waals surface area contributed by atoms with E-state index in [2.05, 4.69) is 5.32 Å². The largest absolute Gasteiger partial charge is 0.357 e. The van der Waals surface area contributed by atoms with Gasteiger partial charge in [0.05, 0.1) is 0 Å². The highest BCUT2D eigenvalue weighted by atomic mass is 35.5.